The Kier molecular flexibility index (Phi) is 6.63. The van der Waals surface area contributed by atoms with Crippen LogP contribution in [0.5, 0.6) is 0 Å². The highest BCUT2D eigenvalue weighted by Crippen LogP contribution is 2.17. The summed E-state index contributed by atoms with van der Waals surface area (Å²) in [4.78, 5) is 0. The van der Waals surface area contributed by atoms with Crippen LogP contribution in [0.25, 0.3) is 0 Å². The molecule has 0 aromatic rings. The minimum Gasteiger partial charge on any atom is -0.316 e. The van der Waals surface area contributed by atoms with Crippen molar-refractivity contribution in [2.24, 2.45) is 11.8 Å². The molecule has 68 valence electrons. The van der Waals surface area contributed by atoms with E-state index < -0.39 is 0 Å². The zero-order chi connectivity index (χ0) is 8.69. The van der Waals surface area contributed by atoms with E-state index in [-0.39, 0.29) is 0 Å². The van der Waals surface area contributed by atoms with Gasteiger partial charge in [-0.1, -0.05) is 27.7 Å². The molecule has 0 aromatic carbocycles. The number of rotatable bonds is 0. The molecule has 1 fully saturated rings. The maximum Gasteiger partial charge on any atom is -0.00206 e. The van der Waals surface area contributed by atoms with E-state index in [9.17, 15) is 0 Å². The molecule has 0 bridgehead atoms. The average Bonchev–Trinajstić information content (AvgIpc) is 2.22. The van der Waals surface area contributed by atoms with E-state index in [1.165, 1.54) is 25.9 Å². The lowest BCUT2D eigenvalue weighted by atomic mass is 9.93. The van der Waals surface area contributed by atoms with Crippen LogP contribution in [0.15, 0.2) is 0 Å². The van der Waals surface area contributed by atoms with Crippen molar-refractivity contribution >= 4 is 0 Å². The van der Waals surface area contributed by atoms with Crippen LogP contribution < -0.4 is 5.32 Å². The summed E-state index contributed by atoms with van der Waals surface area (Å²) in [7, 11) is 0. The van der Waals surface area contributed by atoms with Crippen LogP contribution in [0.4, 0.5) is 0 Å². The summed E-state index contributed by atoms with van der Waals surface area (Å²) in [6, 6.07) is 0. The Bertz CT molecular complexity index is 70.9. The summed E-state index contributed by atoms with van der Waals surface area (Å²) < 4.78 is 0. The molecule has 1 heteroatoms. The molecule has 0 unspecified atom stereocenters. The molecule has 1 heterocycles. The van der Waals surface area contributed by atoms with Crippen molar-refractivity contribution in [3.05, 3.63) is 0 Å². The van der Waals surface area contributed by atoms with Crippen LogP contribution in [-0.4, -0.2) is 13.1 Å². The molecule has 11 heavy (non-hydrogen) atoms. The van der Waals surface area contributed by atoms with E-state index in [2.05, 4.69) is 19.2 Å². The van der Waals surface area contributed by atoms with Gasteiger partial charge in [-0.15, -0.1) is 0 Å². The fraction of sp³-hybridized carbons (Fsp3) is 1.00. The quantitative estimate of drug-likeness (QED) is 0.570. The third-order valence-electron chi connectivity index (χ3n) is 2.45. The van der Waals surface area contributed by atoms with Crippen molar-refractivity contribution in [3.8, 4) is 0 Å². The van der Waals surface area contributed by atoms with Gasteiger partial charge in [0.25, 0.3) is 0 Å². The molecule has 1 N–H and O–H groups in total. The molecule has 0 aromatic heterocycles. The van der Waals surface area contributed by atoms with Crippen molar-refractivity contribution in [1.82, 2.24) is 5.32 Å². The molecular formula is C10H23N. The van der Waals surface area contributed by atoms with Crippen LogP contribution in [-0.2, 0) is 0 Å². The zero-order valence-electron chi connectivity index (χ0n) is 8.48. The molecule has 1 aliphatic heterocycles. The molecule has 1 saturated heterocycles. The SMILES string of the molecule is CC.C[C@@H]1CNCCC[C@@H]1C. The topological polar surface area (TPSA) is 12.0 Å². The standard InChI is InChI=1S/C8H17N.C2H6/c1-7-4-3-5-9-6-8(7)2;1-2/h7-9H,3-6H2,1-2H3;1-2H3/t7-,8+;/m0./s1. The van der Waals surface area contributed by atoms with Gasteiger partial charge in [0.1, 0.15) is 0 Å². The smallest absolute Gasteiger partial charge is 0.00206 e. The van der Waals surface area contributed by atoms with Crippen molar-refractivity contribution in [2.45, 2.75) is 40.5 Å². The molecule has 0 amide bonds. The van der Waals surface area contributed by atoms with Gasteiger partial charge in [0.2, 0.25) is 0 Å². The molecule has 1 nitrogen and oxygen atoms in total. The second-order valence-electron chi connectivity index (χ2n) is 3.30. The van der Waals surface area contributed by atoms with Gasteiger partial charge in [-0.25, -0.2) is 0 Å². The Morgan fingerprint density at radius 1 is 1.09 bits per heavy atom. The van der Waals surface area contributed by atoms with Gasteiger partial charge < -0.3 is 5.32 Å². The second-order valence-corrected chi connectivity index (χ2v) is 3.30. The fourth-order valence-corrected chi connectivity index (χ4v) is 1.36. The van der Waals surface area contributed by atoms with E-state index in [0.29, 0.717) is 0 Å². The molecule has 1 rings (SSSR count). The van der Waals surface area contributed by atoms with E-state index in [0.717, 1.165) is 11.8 Å². The largest absolute Gasteiger partial charge is 0.316 e. The Hall–Kier alpha value is -0.0400. The third kappa shape index (κ3) is 4.41. The van der Waals surface area contributed by atoms with Gasteiger partial charge in [0.05, 0.1) is 0 Å². The first-order valence-electron chi connectivity index (χ1n) is 5.01. The predicted octanol–water partition coefficient (Wildman–Crippen LogP) is 2.67. The van der Waals surface area contributed by atoms with E-state index in [1.54, 1.807) is 0 Å². The summed E-state index contributed by atoms with van der Waals surface area (Å²) in [5.41, 5.74) is 0. The van der Waals surface area contributed by atoms with Gasteiger partial charge in [-0.2, -0.15) is 0 Å². The van der Waals surface area contributed by atoms with Crippen LogP contribution >= 0.6 is 0 Å². The van der Waals surface area contributed by atoms with E-state index in [4.69, 9.17) is 0 Å². The highest BCUT2D eigenvalue weighted by molar-refractivity contribution is 4.68. The van der Waals surface area contributed by atoms with Crippen LogP contribution in [0.3, 0.4) is 0 Å². The first-order chi connectivity index (χ1) is 5.30. The van der Waals surface area contributed by atoms with Crippen molar-refractivity contribution < 1.29 is 0 Å². The fourth-order valence-electron chi connectivity index (χ4n) is 1.36. The predicted molar refractivity (Wildman–Crippen MR) is 51.8 cm³/mol. The van der Waals surface area contributed by atoms with E-state index >= 15 is 0 Å². The van der Waals surface area contributed by atoms with Gasteiger partial charge >= 0.3 is 0 Å². The molecular weight excluding hydrogens is 134 g/mol. The monoisotopic (exact) mass is 157 g/mol. The van der Waals surface area contributed by atoms with E-state index in [1.807, 2.05) is 13.8 Å². The van der Waals surface area contributed by atoms with Gasteiger partial charge in [-0.3, -0.25) is 0 Å². The molecule has 0 saturated carbocycles. The normalized spacial score (nSPS) is 31.6. The van der Waals surface area contributed by atoms with Crippen molar-refractivity contribution in [3.63, 3.8) is 0 Å². The Morgan fingerprint density at radius 2 is 1.73 bits per heavy atom. The zero-order valence-corrected chi connectivity index (χ0v) is 8.48. The van der Waals surface area contributed by atoms with Gasteiger partial charge in [-0.05, 0) is 37.8 Å². The highest BCUT2D eigenvalue weighted by Gasteiger charge is 2.13. The lowest BCUT2D eigenvalue weighted by molar-refractivity contribution is 0.383. The van der Waals surface area contributed by atoms with Crippen LogP contribution in [0.1, 0.15) is 40.5 Å². The molecule has 2 atom stereocenters. The van der Waals surface area contributed by atoms with Gasteiger partial charge in [0.15, 0.2) is 0 Å². The maximum absolute atomic E-state index is 3.43. The summed E-state index contributed by atoms with van der Waals surface area (Å²) in [6.07, 6.45) is 2.78. The Morgan fingerprint density at radius 3 is 2.36 bits per heavy atom. The highest BCUT2D eigenvalue weighted by atomic mass is 14.9. The minimum absolute atomic E-state index is 0.882. The summed E-state index contributed by atoms with van der Waals surface area (Å²) in [5, 5.41) is 3.43. The maximum atomic E-state index is 3.43. The average molecular weight is 157 g/mol. The molecule has 1 aliphatic rings. The number of hydrogen-bond acceptors (Lipinski definition) is 1. The molecule has 0 radical (unpaired) electrons. The van der Waals surface area contributed by atoms with Crippen LogP contribution in [0.2, 0.25) is 0 Å². The van der Waals surface area contributed by atoms with Gasteiger partial charge in [0, 0.05) is 0 Å². The number of hydrogen-bond donors (Lipinski definition) is 1. The summed E-state index contributed by atoms with van der Waals surface area (Å²) >= 11 is 0. The number of nitrogens with one attached hydrogen (secondary N) is 1. The third-order valence-corrected chi connectivity index (χ3v) is 2.45. The lowest BCUT2D eigenvalue weighted by Crippen LogP contribution is -2.21. The second kappa shape index (κ2) is 6.66. The Labute approximate surface area is 71.6 Å². The van der Waals surface area contributed by atoms with Crippen molar-refractivity contribution in [2.75, 3.05) is 13.1 Å². The summed E-state index contributed by atoms with van der Waals surface area (Å²) in [5.74, 6) is 1.81. The summed E-state index contributed by atoms with van der Waals surface area (Å²) in [6.45, 7) is 11.1. The molecule has 0 spiro atoms. The first-order valence-corrected chi connectivity index (χ1v) is 5.01. The first kappa shape index (κ1) is 11.0. The lowest BCUT2D eigenvalue weighted by Gasteiger charge is -2.14. The van der Waals surface area contributed by atoms with Crippen LogP contribution in [0, 0.1) is 11.8 Å². The molecule has 0 aliphatic carbocycles. The van der Waals surface area contributed by atoms with Crippen molar-refractivity contribution in [1.29, 1.82) is 0 Å². The Balaban J connectivity index is 0.000000461. The minimum atomic E-state index is 0.882.